The monoisotopic (exact) mass is 200 g/mol. The molecule has 0 aromatic heterocycles. The van der Waals surface area contributed by atoms with Crippen molar-refractivity contribution in [1.29, 1.82) is 0 Å². The molecule has 1 fully saturated rings. The molecule has 0 aromatic rings. The molecule has 0 bridgehead atoms. The molecule has 1 aliphatic heterocycles. The Morgan fingerprint density at radius 3 is 2.29 bits per heavy atom. The van der Waals surface area contributed by atoms with Crippen LogP contribution < -0.4 is 5.73 Å². The highest BCUT2D eigenvalue weighted by Gasteiger charge is 2.38. The second-order valence-corrected chi connectivity index (χ2v) is 4.38. The van der Waals surface area contributed by atoms with Gasteiger partial charge in [-0.1, -0.05) is 0 Å². The third-order valence-electron chi connectivity index (χ3n) is 1.98. The van der Waals surface area contributed by atoms with Gasteiger partial charge < -0.3 is 10.5 Å². The van der Waals surface area contributed by atoms with Gasteiger partial charge in [0.25, 0.3) is 0 Å². The zero-order valence-electron chi connectivity index (χ0n) is 8.74. The lowest BCUT2D eigenvalue weighted by atomic mass is 10.0. The predicted molar refractivity (Wildman–Crippen MR) is 50.5 cm³/mol. The van der Waals surface area contributed by atoms with Crippen molar-refractivity contribution < 1.29 is 14.3 Å². The molecule has 1 aliphatic rings. The number of primary amides is 1. The number of rotatable bonds is 1. The van der Waals surface area contributed by atoms with Gasteiger partial charge in [0.05, 0.1) is 0 Å². The summed E-state index contributed by atoms with van der Waals surface area (Å²) in [7, 11) is 0. The summed E-state index contributed by atoms with van der Waals surface area (Å²) in [6.07, 6.45) is 0.168. The molecule has 1 heterocycles. The molecule has 2 amide bonds. The molecule has 0 radical (unpaired) electrons. The van der Waals surface area contributed by atoms with Crippen molar-refractivity contribution in [3.63, 3.8) is 0 Å². The lowest BCUT2D eigenvalue weighted by Gasteiger charge is -2.39. The molecule has 5 nitrogen and oxygen atoms in total. The third kappa shape index (κ3) is 2.37. The highest BCUT2D eigenvalue weighted by Crippen LogP contribution is 2.20. The lowest BCUT2D eigenvalue weighted by Crippen LogP contribution is -2.58. The molecule has 1 saturated heterocycles. The molecule has 0 saturated carbocycles. The van der Waals surface area contributed by atoms with Crippen LogP contribution in [0.5, 0.6) is 0 Å². The molecule has 80 valence electrons. The van der Waals surface area contributed by atoms with E-state index in [1.807, 2.05) is 0 Å². The van der Waals surface area contributed by atoms with Crippen LogP contribution in [0.4, 0.5) is 4.79 Å². The molecule has 2 N–H and O–H groups in total. The number of nitrogens with two attached hydrogens (primary N) is 1. The first-order valence-electron chi connectivity index (χ1n) is 4.60. The minimum absolute atomic E-state index is 0.465. The summed E-state index contributed by atoms with van der Waals surface area (Å²) in [6, 6.07) is -0.482. The molecule has 1 atom stereocenters. The first kappa shape index (κ1) is 10.8. The van der Waals surface area contributed by atoms with Gasteiger partial charge in [0.15, 0.2) is 0 Å². The topological polar surface area (TPSA) is 72.6 Å². The Bertz CT molecular complexity index is 257. The third-order valence-corrected chi connectivity index (χ3v) is 1.98. The summed E-state index contributed by atoms with van der Waals surface area (Å²) in [5.41, 5.74) is 4.57. The van der Waals surface area contributed by atoms with E-state index in [2.05, 4.69) is 0 Å². The van der Waals surface area contributed by atoms with Gasteiger partial charge in [0.1, 0.15) is 11.6 Å². The maximum absolute atomic E-state index is 11.5. The summed E-state index contributed by atoms with van der Waals surface area (Å²) >= 11 is 0. The standard InChI is InChI=1S/C9H16N2O3/c1-9(2,3)14-8(13)11-5-4-6(11)7(10)12/h6H,4-5H2,1-3H3,(H2,10,12)/t6-/m0/s1. The van der Waals surface area contributed by atoms with Gasteiger partial charge in [-0.3, -0.25) is 9.69 Å². The van der Waals surface area contributed by atoms with Crippen molar-refractivity contribution in [2.75, 3.05) is 6.54 Å². The van der Waals surface area contributed by atoms with Gasteiger partial charge in [-0.05, 0) is 27.2 Å². The van der Waals surface area contributed by atoms with E-state index >= 15 is 0 Å². The number of amides is 2. The van der Waals surface area contributed by atoms with Crippen molar-refractivity contribution in [2.45, 2.75) is 38.8 Å². The number of hydrogen-bond donors (Lipinski definition) is 1. The number of carbonyl (C=O) groups excluding carboxylic acids is 2. The first-order chi connectivity index (χ1) is 6.31. The van der Waals surface area contributed by atoms with Crippen LogP contribution >= 0.6 is 0 Å². The van der Waals surface area contributed by atoms with E-state index in [4.69, 9.17) is 10.5 Å². The second-order valence-electron chi connectivity index (χ2n) is 4.38. The van der Waals surface area contributed by atoms with Crippen molar-refractivity contribution in [1.82, 2.24) is 4.90 Å². The smallest absolute Gasteiger partial charge is 0.410 e. The molecule has 5 heteroatoms. The lowest BCUT2D eigenvalue weighted by molar-refractivity contribution is -0.127. The number of ether oxygens (including phenoxy) is 1. The van der Waals surface area contributed by atoms with Crippen LogP contribution in [-0.2, 0) is 9.53 Å². The van der Waals surface area contributed by atoms with Gasteiger partial charge in [-0.2, -0.15) is 0 Å². The van der Waals surface area contributed by atoms with Crippen LogP contribution in [0.1, 0.15) is 27.2 Å². The Labute approximate surface area is 83.2 Å². The van der Waals surface area contributed by atoms with Crippen LogP contribution in [0, 0.1) is 0 Å². The highest BCUT2D eigenvalue weighted by atomic mass is 16.6. The Morgan fingerprint density at radius 1 is 1.43 bits per heavy atom. The second kappa shape index (κ2) is 3.48. The summed E-state index contributed by atoms with van der Waals surface area (Å²) < 4.78 is 5.10. The van der Waals surface area contributed by atoms with E-state index in [1.54, 1.807) is 20.8 Å². The Balaban J connectivity index is 2.51. The zero-order valence-corrected chi connectivity index (χ0v) is 8.74. The molecular formula is C9H16N2O3. The predicted octanol–water partition coefficient (Wildman–Crippen LogP) is 0.481. The number of likely N-dealkylation sites (tertiary alicyclic amines) is 1. The minimum atomic E-state index is -0.533. The van der Waals surface area contributed by atoms with Crippen molar-refractivity contribution in [2.24, 2.45) is 5.73 Å². The molecule has 0 aromatic carbocycles. The van der Waals surface area contributed by atoms with Crippen LogP contribution in [0.15, 0.2) is 0 Å². The van der Waals surface area contributed by atoms with Crippen molar-refractivity contribution in [3.8, 4) is 0 Å². The van der Waals surface area contributed by atoms with E-state index < -0.39 is 23.6 Å². The molecule has 14 heavy (non-hydrogen) atoms. The summed E-state index contributed by atoms with van der Waals surface area (Å²) in [4.78, 5) is 23.6. The fraction of sp³-hybridized carbons (Fsp3) is 0.778. The van der Waals surface area contributed by atoms with Gasteiger partial charge in [-0.25, -0.2) is 4.79 Å². The van der Waals surface area contributed by atoms with Gasteiger partial charge >= 0.3 is 6.09 Å². The van der Waals surface area contributed by atoms with Gasteiger partial charge in [0.2, 0.25) is 5.91 Å². The summed E-state index contributed by atoms with van der Waals surface area (Å²) in [5, 5.41) is 0. The van der Waals surface area contributed by atoms with E-state index in [0.717, 1.165) is 0 Å². The number of carbonyl (C=O) groups is 2. The quantitative estimate of drug-likeness (QED) is 0.669. The molecular weight excluding hydrogens is 184 g/mol. The van der Waals surface area contributed by atoms with Crippen LogP contribution in [0.3, 0.4) is 0 Å². The average Bonchev–Trinajstić information content (AvgIpc) is 1.75. The Kier molecular flexibility index (Phi) is 2.69. The SMILES string of the molecule is CC(C)(C)OC(=O)N1CC[C@H]1C(N)=O. The maximum Gasteiger partial charge on any atom is 0.410 e. The normalized spacial score (nSPS) is 21.4. The zero-order chi connectivity index (χ0) is 10.9. The van der Waals surface area contributed by atoms with Crippen molar-refractivity contribution in [3.05, 3.63) is 0 Å². The van der Waals surface area contributed by atoms with E-state index in [9.17, 15) is 9.59 Å². The van der Waals surface area contributed by atoms with E-state index in [0.29, 0.717) is 13.0 Å². The summed E-state index contributed by atoms with van der Waals surface area (Å²) in [5.74, 6) is -0.470. The highest BCUT2D eigenvalue weighted by molar-refractivity contribution is 5.85. The maximum atomic E-state index is 11.5. The fourth-order valence-corrected chi connectivity index (χ4v) is 1.22. The molecule has 0 spiro atoms. The fourth-order valence-electron chi connectivity index (χ4n) is 1.22. The number of hydrogen-bond acceptors (Lipinski definition) is 3. The largest absolute Gasteiger partial charge is 0.444 e. The molecule has 0 unspecified atom stereocenters. The minimum Gasteiger partial charge on any atom is -0.444 e. The van der Waals surface area contributed by atoms with E-state index in [-0.39, 0.29) is 0 Å². The summed E-state index contributed by atoms with van der Waals surface area (Å²) in [6.45, 7) is 5.89. The van der Waals surface area contributed by atoms with Crippen LogP contribution in [0.25, 0.3) is 0 Å². The van der Waals surface area contributed by atoms with Crippen LogP contribution in [-0.4, -0.2) is 35.1 Å². The Morgan fingerprint density at radius 2 is 2.00 bits per heavy atom. The van der Waals surface area contributed by atoms with Crippen molar-refractivity contribution >= 4 is 12.0 Å². The van der Waals surface area contributed by atoms with Gasteiger partial charge in [0, 0.05) is 6.54 Å². The van der Waals surface area contributed by atoms with Crippen LogP contribution in [0.2, 0.25) is 0 Å². The molecule has 1 rings (SSSR count). The molecule has 0 aliphatic carbocycles. The van der Waals surface area contributed by atoms with Gasteiger partial charge in [-0.15, -0.1) is 0 Å². The average molecular weight is 200 g/mol. The number of nitrogens with zero attached hydrogens (tertiary/aromatic N) is 1. The van der Waals surface area contributed by atoms with E-state index in [1.165, 1.54) is 4.90 Å². The first-order valence-corrected chi connectivity index (χ1v) is 4.60. The Hall–Kier alpha value is -1.26.